The van der Waals surface area contributed by atoms with E-state index in [0.29, 0.717) is 0 Å². The second-order valence-electron chi connectivity index (χ2n) is 13.4. The van der Waals surface area contributed by atoms with Crippen molar-refractivity contribution in [3.8, 4) is 11.1 Å². The lowest BCUT2D eigenvalue weighted by Crippen LogP contribution is -2.54. The van der Waals surface area contributed by atoms with Crippen LogP contribution in [0.15, 0.2) is 160 Å². The molecule has 4 heterocycles. The Kier molecular flexibility index (Phi) is 6.48. The van der Waals surface area contributed by atoms with Crippen molar-refractivity contribution in [1.29, 1.82) is 0 Å². The van der Waals surface area contributed by atoms with Crippen LogP contribution in [-0.2, 0) is 0 Å². The minimum absolute atomic E-state index is 0.116. The summed E-state index contributed by atoms with van der Waals surface area (Å²) in [5, 5.41) is 18.6. The van der Waals surface area contributed by atoms with Gasteiger partial charge in [-0.25, -0.2) is 0 Å². The third-order valence-electron chi connectivity index (χ3n) is 10.4. The second-order valence-corrected chi connectivity index (χ2v) is 14.4. The van der Waals surface area contributed by atoms with Crippen molar-refractivity contribution < 1.29 is 8.83 Å². The predicted octanol–water partition coefficient (Wildman–Crippen LogP) is 11.7. The molecule has 0 spiro atoms. The molecule has 0 amide bonds. The molecule has 5 nitrogen and oxygen atoms in total. The van der Waals surface area contributed by atoms with E-state index in [-0.39, 0.29) is 18.5 Å². The number of para-hydroxylation sites is 3. The summed E-state index contributed by atoms with van der Waals surface area (Å²) in [6.45, 7) is 0. The Hall–Kier alpha value is -5.76. The van der Waals surface area contributed by atoms with Crippen LogP contribution in [0.2, 0.25) is 0 Å². The van der Waals surface area contributed by atoms with Gasteiger partial charge in [0.15, 0.2) is 0 Å². The highest BCUT2D eigenvalue weighted by molar-refractivity contribution is 7.26. The number of nitrogens with one attached hydrogen (secondary N) is 3. The lowest BCUT2D eigenvalue weighted by molar-refractivity contribution is 0.203. The minimum Gasteiger partial charge on any atom is -0.456 e. The van der Waals surface area contributed by atoms with Crippen LogP contribution in [-0.4, -0.2) is 0 Å². The van der Waals surface area contributed by atoms with Gasteiger partial charge in [0.2, 0.25) is 0 Å². The van der Waals surface area contributed by atoms with Gasteiger partial charge in [-0.3, -0.25) is 16.0 Å². The second kappa shape index (κ2) is 11.4. The van der Waals surface area contributed by atoms with Crippen LogP contribution >= 0.6 is 11.3 Å². The van der Waals surface area contributed by atoms with E-state index in [1.54, 1.807) is 0 Å². The van der Waals surface area contributed by atoms with Gasteiger partial charge in [-0.1, -0.05) is 133 Å². The maximum Gasteiger partial charge on any atom is 0.143 e. The van der Waals surface area contributed by atoms with E-state index in [1.165, 1.54) is 25.7 Å². The maximum absolute atomic E-state index is 7.01. The summed E-state index contributed by atoms with van der Waals surface area (Å²) in [5.74, 6) is 0. The van der Waals surface area contributed by atoms with Crippen LogP contribution in [0.3, 0.4) is 0 Å². The van der Waals surface area contributed by atoms with Crippen molar-refractivity contribution >= 4 is 75.4 Å². The zero-order valence-corrected chi connectivity index (χ0v) is 28.2. The maximum atomic E-state index is 7.01. The Bertz CT molecular complexity index is 2940. The quantitative estimate of drug-likeness (QED) is 0.173. The molecule has 3 unspecified atom stereocenters. The number of hydrogen-bond donors (Lipinski definition) is 3. The minimum atomic E-state index is -0.216. The van der Waals surface area contributed by atoms with Gasteiger partial charge in [-0.2, -0.15) is 0 Å². The monoisotopic (exact) mass is 677 g/mol. The molecule has 6 heteroatoms. The molecule has 3 atom stereocenters. The summed E-state index contributed by atoms with van der Waals surface area (Å²) < 4.78 is 15.9. The van der Waals surface area contributed by atoms with Crippen LogP contribution in [0.4, 0.5) is 0 Å². The number of furan rings is 2. The van der Waals surface area contributed by atoms with Crippen LogP contribution in [0.5, 0.6) is 0 Å². The average molecular weight is 678 g/mol. The summed E-state index contributed by atoms with van der Waals surface area (Å²) in [6, 6.07) is 53.6. The van der Waals surface area contributed by atoms with E-state index >= 15 is 0 Å². The third kappa shape index (κ3) is 4.58. The van der Waals surface area contributed by atoms with Crippen molar-refractivity contribution in [2.24, 2.45) is 0 Å². The van der Waals surface area contributed by atoms with Crippen LogP contribution < -0.4 is 16.0 Å². The van der Waals surface area contributed by atoms with Gasteiger partial charge in [-0.15, -0.1) is 11.3 Å². The molecule has 7 aromatic carbocycles. The molecule has 3 N–H and O–H groups in total. The van der Waals surface area contributed by atoms with Crippen molar-refractivity contribution in [1.82, 2.24) is 16.0 Å². The standard InChI is InChI=1S/C45H31N3O2S/c1-2-11-26(12-3-1)43-46-44(27-23-24-29-28-13-4-6-21-37(28)49-38(29)25-27)48-45(47-43)36-20-9-16-32-31-15-8-17-33(40(31)50-41(32)36)35-19-10-18-34-30-14-5-7-22-39(30)51-42(34)35/h1-25,43-48H. The smallest absolute Gasteiger partial charge is 0.143 e. The first-order valence-electron chi connectivity index (χ1n) is 17.4. The van der Waals surface area contributed by atoms with Gasteiger partial charge in [0.25, 0.3) is 0 Å². The van der Waals surface area contributed by atoms with E-state index in [2.05, 4.69) is 155 Å². The molecule has 11 rings (SSSR count). The van der Waals surface area contributed by atoms with Gasteiger partial charge < -0.3 is 8.83 Å². The fourth-order valence-electron chi connectivity index (χ4n) is 8.02. The summed E-state index contributed by atoms with van der Waals surface area (Å²) in [7, 11) is 0. The SMILES string of the molecule is c1ccc(C2NC(c3ccc4c(c3)oc3ccccc34)NC(c3cccc4c3oc3c(-c5cccc6c5sc5ccccc56)cccc34)N2)cc1. The van der Waals surface area contributed by atoms with Crippen LogP contribution in [0.1, 0.15) is 35.2 Å². The van der Waals surface area contributed by atoms with Crippen molar-refractivity contribution in [3.63, 3.8) is 0 Å². The normalized spacial score (nSPS) is 18.2. The molecule has 0 saturated carbocycles. The average Bonchev–Trinajstić information content (AvgIpc) is 3.89. The number of rotatable bonds is 4. The largest absolute Gasteiger partial charge is 0.456 e. The first-order chi connectivity index (χ1) is 25.3. The third-order valence-corrected chi connectivity index (χ3v) is 11.6. The molecule has 1 aliphatic rings. The fraction of sp³-hybridized carbons (Fsp3) is 0.0667. The lowest BCUT2D eigenvalue weighted by atomic mass is 9.99. The van der Waals surface area contributed by atoms with E-state index in [4.69, 9.17) is 8.83 Å². The number of fused-ring (bicyclic) bond motifs is 9. The van der Waals surface area contributed by atoms with Crippen molar-refractivity contribution in [2.45, 2.75) is 18.5 Å². The van der Waals surface area contributed by atoms with Gasteiger partial charge in [0, 0.05) is 58.4 Å². The fourth-order valence-corrected chi connectivity index (χ4v) is 9.25. The zero-order chi connectivity index (χ0) is 33.5. The topological polar surface area (TPSA) is 62.4 Å². The van der Waals surface area contributed by atoms with E-state index in [1.807, 2.05) is 23.5 Å². The molecule has 0 radical (unpaired) electrons. The van der Waals surface area contributed by atoms with Gasteiger partial charge >= 0.3 is 0 Å². The summed E-state index contributed by atoms with van der Waals surface area (Å²) in [5.41, 5.74) is 9.20. The summed E-state index contributed by atoms with van der Waals surface area (Å²) >= 11 is 1.85. The Morgan fingerprint density at radius 1 is 0.412 bits per heavy atom. The lowest BCUT2D eigenvalue weighted by Gasteiger charge is -2.39. The number of thiophene rings is 1. The number of benzene rings is 7. The zero-order valence-electron chi connectivity index (χ0n) is 27.4. The molecule has 51 heavy (non-hydrogen) atoms. The Morgan fingerprint density at radius 2 is 1.06 bits per heavy atom. The highest BCUT2D eigenvalue weighted by Crippen LogP contribution is 2.44. The molecule has 1 fully saturated rings. The molecule has 1 aliphatic heterocycles. The number of hydrogen-bond acceptors (Lipinski definition) is 6. The molecular formula is C45H31N3O2S. The van der Waals surface area contributed by atoms with Crippen molar-refractivity contribution in [3.05, 3.63) is 168 Å². The Balaban J connectivity index is 1.05. The molecule has 10 aromatic rings. The molecule has 0 aliphatic carbocycles. The molecule has 1 saturated heterocycles. The highest BCUT2D eigenvalue weighted by Gasteiger charge is 2.32. The van der Waals surface area contributed by atoms with E-state index < -0.39 is 0 Å². The van der Waals surface area contributed by atoms with E-state index in [0.717, 1.165) is 66.1 Å². The van der Waals surface area contributed by atoms with Crippen LogP contribution in [0, 0.1) is 0 Å². The van der Waals surface area contributed by atoms with Gasteiger partial charge in [0.1, 0.15) is 22.3 Å². The Labute approximate surface area is 297 Å². The van der Waals surface area contributed by atoms with E-state index in [9.17, 15) is 0 Å². The Morgan fingerprint density at radius 3 is 1.94 bits per heavy atom. The van der Waals surface area contributed by atoms with Crippen molar-refractivity contribution in [2.75, 3.05) is 0 Å². The summed E-state index contributed by atoms with van der Waals surface area (Å²) in [6.07, 6.45) is -0.499. The predicted molar refractivity (Wildman–Crippen MR) is 210 cm³/mol. The summed E-state index contributed by atoms with van der Waals surface area (Å²) in [4.78, 5) is 0. The molecular weight excluding hydrogens is 647 g/mol. The highest BCUT2D eigenvalue weighted by atomic mass is 32.1. The van der Waals surface area contributed by atoms with Gasteiger partial charge in [-0.05, 0) is 29.3 Å². The first kappa shape index (κ1) is 29.0. The first-order valence-corrected chi connectivity index (χ1v) is 18.2. The van der Waals surface area contributed by atoms with Gasteiger partial charge in [0.05, 0.1) is 18.5 Å². The molecule has 0 bridgehead atoms. The molecule has 244 valence electrons. The molecule has 3 aromatic heterocycles. The van der Waals surface area contributed by atoms with Crippen LogP contribution in [0.25, 0.3) is 75.2 Å².